The molecule has 1 aliphatic heterocycles. The van der Waals surface area contributed by atoms with E-state index in [9.17, 15) is 18.0 Å². The number of aryl methyl sites for hydroxylation is 1. The van der Waals surface area contributed by atoms with Gasteiger partial charge in [0.15, 0.2) is 0 Å². The van der Waals surface area contributed by atoms with Crippen molar-refractivity contribution >= 4 is 44.9 Å². The summed E-state index contributed by atoms with van der Waals surface area (Å²) in [6.07, 6.45) is 4.50. The number of anilines is 2. The maximum Gasteiger partial charge on any atom is 0.309 e. The lowest BCUT2D eigenvalue weighted by molar-refractivity contribution is -0.148. The Kier molecular flexibility index (Phi) is 9.68. The van der Waals surface area contributed by atoms with Crippen LogP contribution < -0.4 is 14.9 Å². The molecule has 1 saturated heterocycles. The molecule has 1 amide bonds. The first kappa shape index (κ1) is 28.4. The highest BCUT2D eigenvalue weighted by Gasteiger charge is 2.32. The molecule has 206 valence electrons. The third kappa shape index (κ3) is 6.87. The molecule has 0 saturated carbocycles. The van der Waals surface area contributed by atoms with Gasteiger partial charge in [0.1, 0.15) is 4.90 Å². The molecule has 0 aromatic heterocycles. The summed E-state index contributed by atoms with van der Waals surface area (Å²) < 4.78 is 35.9. The Morgan fingerprint density at radius 3 is 2.61 bits per heavy atom. The van der Waals surface area contributed by atoms with E-state index in [2.05, 4.69) is 10.0 Å². The van der Waals surface area contributed by atoms with Crippen LogP contribution in [-0.4, -0.2) is 45.9 Å². The number of sulfonamides is 1. The quantitative estimate of drug-likeness (QED) is 0.319. The molecule has 8 nitrogen and oxygen atoms in total. The summed E-state index contributed by atoms with van der Waals surface area (Å²) in [6, 6.07) is 12.6. The van der Waals surface area contributed by atoms with Gasteiger partial charge in [0.2, 0.25) is 15.9 Å². The first-order valence-electron chi connectivity index (χ1n) is 13.3. The summed E-state index contributed by atoms with van der Waals surface area (Å²) in [7, 11) is -3.95. The molecule has 1 heterocycles. The van der Waals surface area contributed by atoms with Crippen LogP contribution in [0.5, 0.6) is 0 Å². The molecule has 1 fully saturated rings. The van der Waals surface area contributed by atoms with Crippen molar-refractivity contribution in [2.24, 2.45) is 5.92 Å². The van der Waals surface area contributed by atoms with Gasteiger partial charge in [-0.1, -0.05) is 24.3 Å². The van der Waals surface area contributed by atoms with Crippen LogP contribution in [-0.2, 0) is 30.8 Å². The van der Waals surface area contributed by atoms with Crippen LogP contribution in [0.2, 0.25) is 0 Å². The highest BCUT2D eigenvalue weighted by molar-refractivity contribution is 7.89. The molecule has 4 rings (SSSR count). The highest BCUT2D eigenvalue weighted by Crippen LogP contribution is 2.35. The summed E-state index contributed by atoms with van der Waals surface area (Å²) in [5.74, 6) is -0.233. The van der Waals surface area contributed by atoms with Gasteiger partial charge < -0.3 is 15.0 Å². The van der Waals surface area contributed by atoms with E-state index in [-0.39, 0.29) is 35.2 Å². The van der Waals surface area contributed by atoms with E-state index in [1.54, 1.807) is 19.1 Å². The number of carbonyl (C=O) groups excluding carboxylic acids is 2. The van der Waals surface area contributed by atoms with Crippen LogP contribution in [0.1, 0.15) is 62.6 Å². The molecular weight excluding hydrogens is 526 g/mol. The van der Waals surface area contributed by atoms with Crippen LogP contribution in [0.3, 0.4) is 0 Å². The maximum atomic E-state index is 13.9. The molecule has 1 aliphatic carbocycles. The van der Waals surface area contributed by atoms with E-state index >= 15 is 0 Å². The van der Waals surface area contributed by atoms with E-state index in [0.29, 0.717) is 62.6 Å². The number of hydrogen-bond acceptors (Lipinski definition) is 6. The third-order valence-corrected chi connectivity index (χ3v) is 8.96. The first-order chi connectivity index (χ1) is 18.3. The number of ether oxygens (including phenoxy) is 1. The second-order valence-electron chi connectivity index (χ2n) is 9.80. The summed E-state index contributed by atoms with van der Waals surface area (Å²) in [4.78, 5) is 26.7. The van der Waals surface area contributed by atoms with Gasteiger partial charge in [-0.15, -0.1) is 11.6 Å². The highest BCUT2D eigenvalue weighted by atomic mass is 35.5. The van der Waals surface area contributed by atoms with E-state index < -0.39 is 10.0 Å². The standard InChI is InChI=1S/C28H36ClN3O5S/c1-2-37-28(34)21-14-17-32(18-15-21)25-13-12-22(30-27(33)11-6-16-29)19-26(25)38(35,36)31-24-10-5-8-20-7-3-4-9-23(20)24/h3-4,7,9,12-13,19,21,24,31H,2,5-6,8,10-11,14-18H2,1H3,(H,30,33). The number of fused-ring (bicyclic) bond motifs is 1. The molecule has 0 bridgehead atoms. The van der Waals surface area contributed by atoms with Crippen LogP contribution in [0.15, 0.2) is 47.4 Å². The number of esters is 1. The minimum absolute atomic E-state index is 0.116. The van der Waals surface area contributed by atoms with Crippen molar-refractivity contribution in [1.29, 1.82) is 0 Å². The summed E-state index contributed by atoms with van der Waals surface area (Å²) in [5.41, 5.74) is 3.14. The molecule has 10 heteroatoms. The molecule has 2 aliphatic rings. The largest absolute Gasteiger partial charge is 0.466 e. The molecule has 0 spiro atoms. The minimum atomic E-state index is -3.95. The van der Waals surface area contributed by atoms with Gasteiger partial charge >= 0.3 is 5.97 Å². The first-order valence-corrected chi connectivity index (χ1v) is 15.4. The average molecular weight is 562 g/mol. The Hall–Kier alpha value is -2.62. The van der Waals surface area contributed by atoms with Crippen molar-refractivity contribution in [2.75, 3.05) is 35.8 Å². The SMILES string of the molecule is CCOC(=O)C1CCN(c2ccc(NC(=O)CCCCl)cc2S(=O)(=O)NC2CCCc3ccccc32)CC1. The number of rotatable bonds is 10. The third-order valence-electron chi connectivity index (χ3n) is 7.19. The lowest BCUT2D eigenvalue weighted by Crippen LogP contribution is -2.38. The zero-order valence-corrected chi connectivity index (χ0v) is 23.3. The molecule has 1 atom stereocenters. The van der Waals surface area contributed by atoms with E-state index in [1.165, 1.54) is 6.07 Å². The predicted molar refractivity (Wildman–Crippen MR) is 149 cm³/mol. The predicted octanol–water partition coefficient (Wildman–Crippen LogP) is 4.78. The molecule has 2 aromatic rings. The number of halogens is 1. The van der Waals surface area contributed by atoms with Gasteiger partial charge in [0.05, 0.1) is 18.2 Å². The van der Waals surface area contributed by atoms with Crippen molar-refractivity contribution in [3.8, 4) is 0 Å². The minimum Gasteiger partial charge on any atom is -0.466 e. The number of carbonyl (C=O) groups is 2. The van der Waals surface area contributed by atoms with Crippen LogP contribution in [0, 0.1) is 5.92 Å². The van der Waals surface area contributed by atoms with E-state index in [0.717, 1.165) is 24.0 Å². The molecule has 38 heavy (non-hydrogen) atoms. The number of benzene rings is 2. The molecule has 2 aromatic carbocycles. The second-order valence-corrected chi connectivity index (χ2v) is 11.9. The fourth-order valence-electron chi connectivity index (χ4n) is 5.26. The van der Waals surface area contributed by atoms with E-state index in [1.807, 2.05) is 29.2 Å². The van der Waals surface area contributed by atoms with Crippen molar-refractivity contribution in [3.63, 3.8) is 0 Å². The Morgan fingerprint density at radius 1 is 1.11 bits per heavy atom. The zero-order chi connectivity index (χ0) is 27.1. The average Bonchev–Trinajstić information content (AvgIpc) is 2.92. The monoisotopic (exact) mass is 561 g/mol. The van der Waals surface area contributed by atoms with Gasteiger partial charge in [-0.3, -0.25) is 9.59 Å². The fraction of sp³-hybridized carbons (Fsp3) is 0.500. The normalized spacial score (nSPS) is 18.1. The second kappa shape index (κ2) is 13.0. The van der Waals surface area contributed by atoms with Gasteiger partial charge in [0, 0.05) is 37.1 Å². The Labute approximate surface area is 230 Å². The smallest absolute Gasteiger partial charge is 0.309 e. The van der Waals surface area contributed by atoms with Gasteiger partial charge in [-0.25, -0.2) is 13.1 Å². The van der Waals surface area contributed by atoms with Crippen LogP contribution >= 0.6 is 11.6 Å². The van der Waals surface area contributed by atoms with Crippen molar-refractivity contribution in [3.05, 3.63) is 53.6 Å². The fourth-order valence-corrected chi connectivity index (χ4v) is 6.90. The summed E-state index contributed by atoms with van der Waals surface area (Å²) >= 11 is 5.71. The van der Waals surface area contributed by atoms with Crippen molar-refractivity contribution in [1.82, 2.24) is 4.72 Å². The molecular formula is C28H36ClN3O5S. The van der Waals surface area contributed by atoms with E-state index in [4.69, 9.17) is 16.3 Å². The topological polar surface area (TPSA) is 105 Å². The lowest BCUT2D eigenvalue weighted by atomic mass is 9.88. The van der Waals surface area contributed by atoms with Gasteiger partial charge in [0.25, 0.3) is 0 Å². The number of nitrogens with one attached hydrogen (secondary N) is 2. The van der Waals surface area contributed by atoms with Crippen molar-refractivity contribution in [2.45, 2.75) is 62.8 Å². The van der Waals surface area contributed by atoms with Crippen LogP contribution in [0.25, 0.3) is 0 Å². The number of alkyl halides is 1. The lowest BCUT2D eigenvalue weighted by Gasteiger charge is -2.34. The van der Waals surface area contributed by atoms with Gasteiger partial charge in [-0.2, -0.15) is 0 Å². The Bertz CT molecular complexity index is 1240. The number of hydrogen-bond donors (Lipinski definition) is 2. The van der Waals surface area contributed by atoms with Crippen molar-refractivity contribution < 1.29 is 22.7 Å². The number of nitrogens with zero attached hydrogens (tertiary/aromatic N) is 1. The maximum absolute atomic E-state index is 13.9. The number of piperidine rings is 1. The zero-order valence-electron chi connectivity index (χ0n) is 21.7. The Balaban J connectivity index is 1.61. The molecule has 2 N–H and O–H groups in total. The summed E-state index contributed by atoms with van der Waals surface area (Å²) in [5, 5.41) is 2.81. The number of amides is 1. The molecule has 1 unspecified atom stereocenters. The Morgan fingerprint density at radius 2 is 1.87 bits per heavy atom. The van der Waals surface area contributed by atoms with Crippen LogP contribution in [0.4, 0.5) is 11.4 Å². The van der Waals surface area contributed by atoms with Gasteiger partial charge in [-0.05, 0) is 74.8 Å². The molecule has 0 radical (unpaired) electrons. The summed E-state index contributed by atoms with van der Waals surface area (Å²) in [6.45, 7) is 3.19.